The zero-order valence-corrected chi connectivity index (χ0v) is 8.91. The van der Waals surface area contributed by atoms with E-state index in [1.54, 1.807) is 13.1 Å². The monoisotopic (exact) mass is 206 g/mol. The maximum absolute atomic E-state index is 11.8. The minimum Gasteiger partial charge on any atom is -0.338 e. The summed E-state index contributed by atoms with van der Waals surface area (Å²) in [6.45, 7) is 6.07. The van der Waals surface area contributed by atoms with Crippen LogP contribution in [0, 0.1) is 0 Å². The van der Waals surface area contributed by atoms with Gasteiger partial charge in [-0.25, -0.2) is 0 Å². The maximum atomic E-state index is 11.8. The molecule has 0 aliphatic carbocycles. The molecule has 80 valence electrons. The number of hydrogen-bond acceptors (Lipinski definition) is 2. The lowest BCUT2D eigenvalue weighted by Gasteiger charge is -2.16. The number of amides is 1. The van der Waals surface area contributed by atoms with Crippen LogP contribution in [0.2, 0.25) is 0 Å². The zero-order valence-electron chi connectivity index (χ0n) is 8.91. The Bertz CT molecular complexity index is 434. The van der Waals surface area contributed by atoms with E-state index in [0.29, 0.717) is 12.1 Å². The Hall–Kier alpha value is -1.84. The summed E-state index contributed by atoms with van der Waals surface area (Å²) in [6.07, 6.45) is 1.46. The van der Waals surface area contributed by atoms with E-state index in [2.05, 4.69) is 11.6 Å². The molecule has 1 amide bonds. The number of rotatable bonds is 3. The van der Waals surface area contributed by atoms with Gasteiger partial charge < -0.3 is 9.88 Å². The Morgan fingerprint density at radius 3 is 2.80 bits per heavy atom. The van der Waals surface area contributed by atoms with Crippen LogP contribution in [0.1, 0.15) is 17.3 Å². The van der Waals surface area contributed by atoms with Crippen LogP contribution in [0.3, 0.4) is 0 Å². The van der Waals surface area contributed by atoms with E-state index in [-0.39, 0.29) is 11.5 Å². The molecule has 0 saturated heterocycles. The molecule has 0 bridgehead atoms. The SMILES string of the molecule is C=C(C)CN(C)C(=O)c1cc[nH]c(=O)c1. The molecular formula is C11H14N2O2. The Kier molecular flexibility index (Phi) is 3.44. The highest BCUT2D eigenvalue weighted by Gasteiger charge is 2.11. The summed E-state index contributed by atoms with van der Waals surface area (Å²) in [5, 5.41) is 0. The van der Waals surface area contributed by atoms with Crippen molar-refractivity contribution < 1.29 is 4.79 Å². The fourth-order valence-electron chi connectivity index (χ4n) is 1.27. The number of aromatic amines is 1. The topological polar surface area (TPSA) is 53.2 Å². The normalized spacial score (nSPS) is 9.73. The van der Waals surface area contributed by atoms with Crippen LogP contribution in [0.4, 0.5) is 0 Å². The van der Waals surface area contributed by atoms with E-state index in [4.69, 9.17) is 0 Å². The second kappa shape index (κ2) is 4.59. The van der Waals surface area contributed by atoms with E-state index in [1.165, 1.54) is 17.2 Å². The van der Waals surface area contributed by atoms with Gasteiger partial charge in [-0.15, -0.1) is 0 Å². The Balaban J connectivity index is 2.85. The predicted octanol–water partition coefficient (Wildman–Crippen LogP) is 1.02. The number of nitrogens with zero attached hydrogens (tertiary/aromatic N) is 1. The summed E-state index contributed by atoms with van der Waals surface area (Å²) in [5.41, 5.74) is 1.02. The molecule has 1 N–H and O–H groups in total. The third kappa shape index (κ3) is 3.09. The third-order valence-electron chi connectivity index (χ3n) is 1.88. The van der Waals surface area contributed by atoms with Gasteiger partial charge in [0.15, 0.2) is 0 Å². The van der Waals surface area contributed by atoms with Gasteiger partial charge >= 0.3 is 0 Å². The molecule has 15 heavy (non-hydrogen) atoms. The molecule has 0 saturated carbocycles. The number of hydrogen-bond donors (Lipinski definition) is 1. The van der Waals surface area contributed by atoms with Crippen LogP contribution >= 0.6 is 0 Å². The summed E-state index contributed by atoms with van der Waals surface area (Å²) in [4.78, 5) is 26.7. The number of aromatic nitrogens is 1. The number of H-pyrrole nitrogens is 1. The summed E-state index contributed by atoms with van der Waals surface area (Å²) in [7, 11) is 1.68. The van der Waals surface area contributed by atoms with Crippen LogP contribution in [-0.2, 0) is 0 Å². The lowest BCUT2D eigenvalue weighted by molar-refractivity contribution is 0.0806. The van der Waals surface area contributed by atoms with Crippen molar-refractivity contribution in [3.63, 3.8) is 0 Å². The summed E-state index contributed by atoms with van der Waals surface area (Å²) >= 11 is 0. The first kappa shape index (κ1) is 11.2. The van der Waals surface area contributed by atoms with Crippen LogP contribution in [-0.4, -0.2) is 29.4 Å². The van der Waals surface area contributed by atoms with E-state index in [0.717, 1.165) is 5.57 Å². The maximum Gasteiger partial charge on any atom is 0.254 e. The van der Waals surface area contributed by atoms with Crippen molar-refractivity contribution in [3.8, 4) is 0 Å². The fraction of sp³-hybridized carbons (Fsp3) is 0.273. The second-order valence-corrected chi connectivity index (χ2v) is 3.56. The van der Waals surface area contributed by atoms with Gasteiger partial charge in [-0.1, -0.05) is 12.2 Å². The van der Waals surface area contributed by atoms with Gasteiger partial charge in [0, 0.05) is 31.4 Å². The largest absolute Gasteiger partial charge is 0.338 e. The summed E-state index contributed by atoms with van der Waals surface area (Å²) < 4.78 is 0. The number of pyridine rings is 1. The summed E-state index contributed by atoms with van der Waals surface area (Å²) in [6, 6.07) is 2.87. The first-order chi connectivity index (χ1) is 7.00. The first-order valence-corrected chi connectivity index (χ1v) is 4.59. The van der Waals surface area contributed by atoms with Gasteiger partial charge in [0.1, 0.15) is 0 Å². The minimum atomic E-state index is -0.274. The number of nitrogens with one attached hydrogen (secondary N) is 1. The molecule has 1 aromatic rings. The van der Waals surface area contributed by atoms with E-state index < -0.39 is 0 Å². The van der Waals surface area contributed by atoms with Gasteiger partial charge in [-0.3, -0.25) is 9.59 Å². The Labute approximate surface area is 88.2 Å². The number of carbonyl (C=O) groups excluding carboxylic acids is 1. The molecule has 1 aromatic heterocycles. The second-order valence-electron chi connectivity index (χ2n) is 3.56. The summed E-state index contributed by atoms with van der Waals surface area (Å²) in [5.74, 6) is -0.177. The van der Waals surface area contributed by atoms with Crippen LogP contribution in [0.5, 0.6) is 0 Å². The molecule has 0 atom stereocenters. The highest BCUT2D eigenvalue weighted by Crippen LogP contribution is 2.01. The van der Waals surface area contributed by atoms with Gasteiger partial charge in [0.2, 0.25) is 5.56 Å². The predicted molar refractivity (Wildman–Crippen MR) is 58.8 cm³/mol. The molecular weight excluding hydrogens is 192 g/mol. The van der Waals surface area contributed by atoms with Gasteiger partial charge in [-0.2, -0.15) is 0 Å². The lowest BCUT2D eigenvalue weighted by Crippen LogP contribution is -2.28. The standard InChI is InChI=1S/C11H14N2O2/c1-8(2)7-13(3)11(15)9-4-5-12-10(14)6-9/h4-6H,1,7H2,2-3H3,(H,12,14). The molecule has 1 heterocycles. The fourth-order valence-corrected chi connectivity index (χ4v) is 1.27. The zero-order chi connectivity index (χ0) is 11.4. The van der Waals surface area contributed by atoms with Gasteiger partial charge in [0.05, 0.1) is 0 Å². The van der Waals surface area contributed by atoms with Crippen molar-refractivity contribution >= 4 is 5.91 Å². The van der Waals surface area contributed by atoms with Crippen LogP contribution < -0.4 is 5.56 Å². The molecule has 0 radical (unpaired) electrons. The quantitative estimate of drug-likeness (QED) is 0.751. The number of carbonyl (C=O) groups is 1. The molecule has 4 heteroatoms. The van der Waals surface area contributed by atoms with E-state index in [1.807, 2.05) is 6.92 Å². The van der Waals surface area contributed by atoms with E-state index in [9.17, 15) is 9.59 Å². The Morgan fingerprint density at radius 1 is 1.60 bits per heavy atom. The molecule has 0 fully saturated rings. The van der Waals surface area contributed by atoms with Crippen molar-refractivity contribution in [2.24, 2.45) is 0 Å². The third-order valence-corrected chi connectivity index (χ3v) is 1.88. The van der Waals surface area contributed by atoms with Crippen molar-refractivity contribution in [2.75, 3.05) is 13.6 Å². The highest BCUT2D eigenvalue weighted by molar-refractivity contribution is 5.93. The van der Waals surface area contributed by atoms with Crippen LogP contribution in [0.15, 0.2) is 35.3 Å². The van der Waals surface area contributed by atoms with Crippen molar-refractivity contribution in [1.82, 2.24) is 9.88 Å². The average Bonchev–Trinajstić information content (AvgIpc) is 2.15. The lowest BCUT2D eigenvalue weighted by atomic mass is 10.2. The minimum absolute atomic E-state index is 0.177. The molecule has 0 aromatic carbocycles. The van der Waals surface area contributed by atoms with Crippen molar-refractivity contribution in [2.45, 2.75) is 6.92 Å². The van der Waals surface area contributed by atoms with Crippen molar-refractivity contribution in [1.29, 1.82) is 0 Å². The van der Waals surface area contributed by atoms with Gasteiger partial charge in [-0.05, 0) is 13.0 Å². The highest BCUT2D eigenvalue weighted by atomic mass is 16.2. The van der Waals surface area contributed by atoms with Crippen LogP contribution in [0.25, 0.3) is 0 Å². The van der Waals surface area contributed by atoms with Crippen molar-refractivity contribution in [3.05, 3.63) is 46.4 Å². The molecule has 0 unspecified atom stereocenters. The van der Waals surface area contributed by atoms with E-state index >= 15 is 0 Å². The molecule has 1 rings (SSSR count). The molecule has 4 nitrogen and oxygen atoms in total. The average molecular weight is 206 g/mol. The Morgan fingerprint density at radius 2 is 2.27 bits per heavy atom. The molecule has 0 aliphatic heterocycles. The number of likely N-dealkylation sites (N-methyl/N-ethyl adjacent to an activating group) is 1. The van der Waals surface area contributed by atoms with Gasteiger partial charge in [0.25, 0.3) is 5.91 Å². The molecule has 0 aliphatic rings. The smallest absolute Gasteiger partial charge is 0.254 e. The first-order valence-electron chi connectivity index (χ1n) is 4.59. The molecule has 0 spiro atoms.